The van der Waals surface area contributed by atoms with E-state index < -0.39 is 0 Å². The summed E-state index contributed by atoms with van der Waals surface area (Å²) in [6.07, 6.45) is 5.25. The van der Waals surface area contributed by atoms with E-state index in [9.17, 15) is 0 Å². The molecular weight excluding hydrogens is 234 g/mol. The van der Waals surface area contributed by atoms with Gasteiger partial charge < -0.3 is 10.1 Å². The highest BCUT2D eigenvalue weighted by Gasteiger charge is 2.20. The Labute approximate surface area is 108 Å². The second kappa shape index (κ2) is 6.08. The molecule has 0 radical (unpaired) electrons. The number of benzene rings is 1. The molecule has 1 aliphatic rings. The van der Waals surface area contributed by atoms with Crippen molar-refractivity contribution in [2.45, 2.75) is 31.8 Å². The van der Waals surface area contributed by atoms with Crippen LogP contribution in [0.25, 0.3) is 0 Å². The quantitative estimate of drug-likeness (QED) is 0.591. The largest absolute Gasteiger partial charge is 0.491 e. The summed E-state index contributed by atoms with van der Waals surface area (Å²) < 4.78 is 5.72. The van der Waals surface area contributed by atoms with E-state index in [1.807, 2.05) is 18.2 Å². The summed E-state index contributed by atoms with van der Waals surface area (Å²) in [6.45, 7) is 5.14. The first kappa shape index (κ1) is 12.5. The van der Waals surface area contributed by atoms with Crippen molar-refractivity contribution in [1.82, 2.24) is 5.32 Å². The minimum Gasteiger partial charge on any atom is -0.491 e. The third-order valence-electron chi connectivity index (χ3n) is 2.78. The summed E-state index contributed by atoms with van der Waals surface area (Å²) >= 11 is 6.16. The van der Waals surface area contributed by atoms with Crippen LogP contribution in [0.5, 0.6) is 5.75 Å². The van der Waals surface area contributed by atoms with Gasteiger partial charge >= 0.3 is 0 Å². The molecule has 0 saturated heterocycles. The second-order valence-electron chi connectivity index (χ2n) is 4.31. The fourth-order valence-corrected chi connectivity index (χ4v) is 1.89. The third-order valence-corrected chi connectivity index (χ3v) is 3.07. The fraction of sp³-hybridized carbons (Fsp3) is 0.429. The number of para-hydroxylation sites is 1. The van der Waals surface area contributed by atoms with E-state index in [1.54, 1.807) is 0 Å². The smallest absolute Gasteiger partial charge is 0.142 e. The van der Waals surface area contributed by atoms with Crippen LogP contribution in [0.1, 0.15) is 24.8 Å². The molecule has 0 unspecified atom stereocenters. The SMILES string of the molecule is C=CCCOc1c(Cl)cccc1CNC1CC1. The van der Waals surface area contributed by atoms with E-state index in [4.69, 9.17) is 16.3 Å². The average Bonchev–Trinajstić information content (AvgIpc) is 3.13. The van der Waals surface area contributed by atoms with Gasteiger partial charge in [-0.2, -0.15) is 0 Å². The molecule has 1 saturated carbocycles. The Hall–Kier alpha value is -0.990. The minimum atomic E-state index is 0.629. The lowest BCUT2D eigenvalue weighted by Gasteiger charge is -2.13. The summed E-state index contributed by atoms with van der Waals surface area (Å²) in [6, 6.07) is 6.58. The molecule has 1 aliphatic carbocycles. The summed E-state index contributed by atoms with van der Waals surface area (Å²) in [5, 5.41) is 4.16. The first-order chi connectivity index (χ1) is 8.31. The molecule has 0 spiro atoms. The van der Waals surface area contributed by atoms with Gasteiger partial charge in [0.1, 0.15) is 5.75 Å². The van der Waals surface area contributed by atoms with Crippen molar-refractivity contribution in [3.8, 4) is 5.75 Å². The first-order valence-electron chi connectivity index (χ1n) is 6.05. The van der Waals surface area contributed by atoms with Crippen LogP contribution in [0, 0.1) is 0 Å². The molecule has 1 aromatic rings. The van der Waals surface area contributed by atoms with Crippen LogP contribution in [0.3, 0.4) is 0 Å². The van der Waals surface area contributed by atoms with Crippen molar-refractivity contribution in [3.05, 3.63) is 41.4 Å². The van der Waals surface area contributed by atoms with Gasteiger partial charge in [0.25, 0.3) is 0 Å². The lowest BCUT2D eigenvalue weighted by atomic mass is 10.2. The molecule has 2 nitrogen and oxygen atoms in total. The van der Waals surface area contributed by atoms with Gasteiger partial charge in [0, 0.05) is 18.2 Å². The Morgan fingerprint density at radius 2 is 2.29 bits per heavy atom. The van der Waals surface area contributed by atoms with Gasteiger partial charge in [-0.1, -0.05) is 29.8 Å². The number of halogens is 1. The highest BCUT2D eigenvalue weighted by atomic mass is 35.5. The van der Waals surface area contributed by atoms with Crippen LogP contribution in [-0.2, 0) is 6.54 Å². The van der Waals surface area contributed by atoms with Gasteiger partial charge in [0.05, 0.1) is 11.6 Å². The van der Waals surface area contributed by atoms with Crippen molar-refractivity contribution in [2.24, 2.45) is 0 Å². The summed E-state index contributed by atoms with van der Waals surface area (Å²) in [4.78, 5) is 0. The Bertz CT molecular complexity index is 388. The minimum absolute atomic E-state index is 0.629. The van der Waals surface area contributed by atoms with Crippen molar-refractivity contribution in [2.75, 3.05) is 6.61 Å². The Morgan fingerprint density at radius 3 is 3.00 bits per heavy atom. The van der Waals surface area contributed by atoms with E-state index in [0.29, 0.717) is 17.7 Å². The molecule has 0 heterocycles. The Kier molecular flexibility index (Phi) is 4.46. The predicted molar refractivity (Wildman–Crippen MR) is 71.6 cm³/mol. The van der Waals surface area contributed by atoms with Crippen molar-refractivity contribution in [1.29, 1.82) is 0 Å². The van der Waals surface area contributed by atoms with Crippen molar-refractivity contribution >= 4 is 11.6 Å². The Morgan fingerprint density at radius 1 is 1.47 bits per heavy atom. The molecule has 1 N–H and O–H groups in total. The van der Waals surface area contributed by atoms with E-state index in [-0.39, 0.29) is 0 Å². The highest BCUT2D eigenvalue weighted by molar-refractivity contribution is 6.32. The topological polar surface area (TPSA) is 21.3 Å². The molecule has 17 heavy (non-hydrogen) atoms. The summed E-state index contributed by atoms with van der Waals surface area (Å²) in [5.74, 6) is 0.809. The molecule has 0 amide bonds. The number of hydrogen-bond donors (Lipinski definition) is 1. The number of ether oxygens (including phenoxy) is 1. The second-order valence-corrected chi connectivity index (χ2v) is 4.72. The van der Waals surface area contributed by atoms with Crippen LogP contribution in [0.4, 0.5) is 0 Å². The molecule has 0 aromatic heterocycles. The Balaban J connectivity index is 2.00. The molecule has 92 valence electrons. The lowest BCUT2D eigenvalue weighted by Crippen LogP contribution is -2.16. The van der Waals surface area contributed by atoms with Crippen LogP contribution in [-0.4, -0.2) is 12.6 Å². The van der Waals surface area contributed by atoms with Gasteiger partial charge in [0.2, 0.25) is 0 Å². The van der Waals surface area contributed by atoms with Gasteiger partial charge in [-0.15, -0.1) is 6.58 Å². The maximum atomic E-state index is 6.16. The number of hydrogen-bond acceptors (Lipinski definition) is 2. The van der Waals surface area contributed by atoms with Gasteiger partial charge in [-0.05, 0) is 25.3 Å². The molecule has 1 aromatic carbocycles. The van der Waals surface area contributed by atoms with E-state index in [2.05, 4.69) is 18.0 Å². The zero-order valence-electron chi connectivity index (χ0n) is 9.92. The summed E-state index contributed by atoms with van der Waals surface area (Å²) in [5.41, 5.74) is 1.13. The van der Waals surface area contributed by atoms with Crippen LogP contribution < -0.4 is 10.1 Å². The molecule has 3 heteroatoms. The summed E-state index contributed by atoms with van der Waals surface area (Å²) in [7, 11) is 0. The predicted octanol–water partition coefficient (Wildman–Crippen LogP) is 3.55. The van der Waals surface area contributed by atoms with E-state index in [1.165, 1.54) is 12.8 Å². The zero-order valence-corrected chi connectivity index (χ0v) is 10.7. The van der Waals surface area contributed by atoms with E-state index >= 15 is 0 Å². The van der Waals surface area contributed by atoms with Crippen LogP contribution in [0.2, 0.25) is 5.02 Å². The molecular formula is C14H18ClNO. The van der Waals surface area contributed by atoms with Gasteiger partial charge in [-0.3, -0.25) is 0 Å². The molecule has 0 atom stereocenters. The third kappa shape index (κ3) is 3.76. The lowest BCUT2D eigenvalue weighted by molar-refractivity contribution is 0.321. The number of nitrogens with one attached hydrogen (secondary N) is 1. The highest BCUT2D eigenvalue weighted by Crippen LogP contribution is 2.29. The average molecular weight is 252 g/mol. The molecule has 0 aliphatic heterocycles. The van der Waals surface area contributed by atoms with Gasteiger partial charge in [0.15, 0.2) is 0 Å². The van der Waals surface area contributed by atoms with Gasteiger partial charge in [-0.25, -0.2) is 0 Å². The monoisotopic (exact) mass is 251 g/mol. The molecule has 2 rings (SSSR count). The van der Waals surface area contributed by atoms with E-state index in [0.717, 1.165) is 24.3 Å². The maximum absolute atomic E-state index is 6.16. The molecule has 1 fully saturated rings. The first-order valence-corrected chi connectivity index (χ1v) is 6.43. The number of rotatable bonds is 7. The fourth-order valence-electron chi connectivity index (χ4n) is 1.64. The maximum Gasteiger partial charge on any atom is 0.142 e. The normalized spacial score (nSPS) is 14.6. The van der Waals surface area contributed by atoms with Crippen molar-refractivity contribution in [3.63, 3.8) is 0 Å². The van der Waals surface area contributed by atoms with Crippen molar-refractivity contribution < 1.29 is 4.74 Å². The van der Waals surface area contributed by atoms with Crippen LogP contribution in [0.15, 0.2) is 30.9 Å². The molecule has 0 bridgehead atoms. The zero-order chi connectivity index (χ0) is 12.1. The van der Waals surface area contributed by atoms with Crippen LogP contribution >= 0.6 is 11.6 Å². The standard InChI is InChI=1S/C14H18ClNO/c1-2-3-9-17-14-11(5-4-6-13(14)15)10-16-12-7-8-12/h2,4-6,12,16H,1,3,7-10H2.